The maximum absolute atomic E-state index is 12.2. The summed E-state index contributed by atoms with van der Waals surface area (Å²) in [6, 6.07) is 4.14. The lowest BCUT2D eigenvalue weighted by Gasteiger charge is -2.21. The van der Waals surface area contributed by atoms with Crippen molar-refractivity contribution in [3.63, 3.8) is 0 Å². The third-order valence-electron chi connectivity index (χ3n) is 2.01. The highest BCUT2D eigenvalue weighted by Crippen LogP contribution is 2.37. The zero-order valence-corrected chi connectivity index (χ0v) is 10.1. The number of hydrogen-bond acceptors (Lipinski definition) is 3. The van der Waals surface area contributed by atoms with Crippen LogP contribution >= 0.6 is 0 Å². The van der Waals surface area contributed by atoms with Crippen molar-refractivity contribution < 1.29 is 22.7 Å². The molecule has 0 bridgehead atoms. The maximum atomic E-state index is 12.2. The number of carbonyl (C=O) groups excluding carboxylic acids is 1. The van der Waals surface area contributed by atoms with Crippen molar-refractivity contribution >= 4 is 17.3 Å². The van der Waals surface area contributed by atoms with Gasteiger partial charge in [-0.3, -0.25) is 4.79 Å². The van der Waals surface area contributed by atoms with Crippen molar-refractivity contribution in [2.24, 2.45) is 0 Å². The molecule has 0 aromatic heterocycles. The van der Waals surface area contributed by atoms with Crippen LogP contribution in [0.15, 0.2) is 18.2 Å². The van der Waals surface area contributed by atoms with E-state index in [0.717, 1.165) is 6.07 Å². The molecular formula is C11H13F3N2O2. The van der Waals surface area contributed by atoms with Crippen molar-refractivity contribution in [1.29, 1.82) is 0 Å². The molecule has 0 aliphatic heterocycles. The van der Waals surface area contributed by atoms with E-state index >= 15 is 0 Å². The first-order valence-electron chi connectivity index (χ1n) is 5.04. The lowest BCUT2D eigenvalue weighted by molar-refractivity contribution is -0.274. The summed E-state index contributed by atoms with van der Waals surface area (Å²) >= 11 is 0. The second-order valence-corrected chi connectivity index (χ2v) is 3.77. The standard InChI is InChI=1S/C11H13F3N2O2/c1-7(17)15-10-8(16(2)3)5-4-6-9(10)18-11(12,13)14/h4-6H,1-3H3,(H,15,17). The molecule has 1 amide bonds. The number of ether oxygens (including phenoxy) is 1. The van der Waals surface area contributed by atoms with E-state index in [9.17, 15) is 18.0 Å². The molecule has 1 aromatic carbocycles. The predicted octanol–water partition coefficient (Wildman–Crippen LogP) is 2.61. The lowest BCUT2D eigenvalue weighted by Crippen LogP contribution is -2.20. The van der Waals surface area contributed by atoms with Gasteiger partial charge in [0.15, 0.2) is 5.75 Å². The fraction of sp³-hybridized carbons (Fsp3) is 0.364. The van der Waals surface area contributed by atoms with Gasteiger partial charge in [0, 0.05) is 21.0 Å². The van der Waals surface area contributed by atoms with Gasteiger partial charge < -0.3 is 15.0 Å². The summed E-state index contributed by atoms with van der Waals surface area (Å²) in [5, 5.41) is 2.34. The second-order valence-electron chi connectivity index (χ2n) is 3.77. The minimum Gasteiger partial charge on any atom is -0.403 e. The van der Waals surface area contributed by atoms with Crippen LogP contribution in [0.25, 0.3) is 0 Å². The van der Waals surface area contributed by atoms with Gasteiger partial charge in [0.05, 0.1) is 5.69 Å². The van der Waals surface area contributed by atoms with Gasteiger partial charge >= 0.3 is 6.36 Å². The van der Waals surface area contributed by atoms with Gasteiger partial charge in [-0.1, -0.05) is 6.07 Å². The number of anilines is 2. The average molecular weight is 262 g/mol. The molecule has 1 N–H and O–H groups in total. The Bertz CT molecular complexity index is 444. The Morgan fingerprint density at radius 1 is 1.33 bits per heavy atom. The fourth-order valence-corrected chi connectivity index (χ4v) is 1.40. The topological polar surface area (TPSA) is 41.6 Å². The Labute approximate surface area is 102 Å². The van der Waals surface area contributed by atoms with Gasteiger partial charge in [-0.2, -0.15) is 0 Å². The van der Waals surface area contributed by atoms with E-state index in [1.54, 1.807) is 25.1 Å². The number of rotatable bonds is 3. The number of hydrogen-bond donors (Lipinski definition) is 1. The minimum atomic E-state index is -4.81. The Morgan fingerprint density at radius 2 is 1.94 bits per heavy atom. The van der Waals surface area contributed by atoms with Crippen LogP contribution in [0, 0.1) is 0 Å². The number of alkyl halides is 3. The molecule has 1 aromatic rings. The third kappa shape index (κ3) is 3.83. The van der Waals surface area contributed by atoms with E-state index in [2.05, 4.69) is 10.1 Å². The molecular weight excluding hydrogens is 249 g/mol. The Balaban J connectivity index is 3.23. The molecule has 0 saturated carbocycles. The van der Waals surface area contributed by atoms with Gasteiger partial charge in [0.1, 0.15) is 5.69 Å². The van der Waals surface area contributed by atoms with Crippen molar-refractivity contribution in [1.82, 2.24) is 0 Å². The van der Waals surface area contributed by atoms with E-state index in [1.807, 2.05) is 0 Å². The van der Waals surface area contributed by atoms with Crippen molar-refractivity contribution in [3.05, 3.63) is 18.2 Å². The normalized spacial score (nSPS) is 11.0. The molecule has 0 atom stereocenters. The second kappa shape index (κ2) is 5.16. The van der Waals surface area contributed by atoms with Crippen LogP contribution in [0.2, 0.25) is 0 Å². The van der Waals surface area contributed by atoms with Gasteiger partial charge in [-0.05, 0) is 12.1 Å². The van der Waals surface area contributed by atoms with Crippen LogP contribution in [0.5, 0.6) is 5.75 Å². The Hall–Kier alpha value is -1.92. The molecule has 4 nitrogen and oxygen atoms in total. The van der Waals surface area contributed by atoms with Gasteiger partial charge in [-0.15, -0.1) is 13.2 Å². The fourth-order valence-electron chi connectivity index (χ4n) is 1.40. The molecule has 0 heterocycles. The number of amides is 1. The zero-order valence-electron chi connectivity index (χ0n) is 10.1. The summed E-state index contributed by atoms with van der Waals surface area (Å²) in [4.78, 5) is 12.6. The van der Waals surface area contributed by atoms with Gasteiger partial charge in [0.2, 0.25) is 5.91 Å². The van der Waals surface area contributed by atoms with Crippen LogP contribution < -0.4 is 15.0 Å². The first-order valence-corrected chi connectivity index (χ1v) is 5.04. The predicted molar refractivity (Wildman–Crippen MR) is 61.8 cm³/mol. The van der Waals surface area contributed by atoms with E-state index in [-0.39, 0.29) is 5.69 Å². The first kappa shape index (κ1) is 14.1. The smallest absolute Gasteiger partial charge is 0.403 e. The van der Waals surface area contributed by atoms with E-state index in [4.69, 9.17) is 0 Å². The molecule has 0 fully saturated rings. The van der Waals surface area contributed by atoms with E-state index in [0.29, 0.717) is 5.69 Å². The van der Waals surface area contributed by atoms with Crippen LogP contribution in [-0.2, 0) is 4.79 Å². The number of nitrogens with zero attached hydrogens (tertiary/aromatic N) is 1. The Morgan fingerprint density at radius 3 is 2.39 bits per heavy atom. The summed E-state index contributed by atoms with van der Waals surface area (Å²) in [5.41, 5.74) is 0.416. The SMILES string of the molecule is CC(=O)Nc1c(OC(F)(F)F)cccc1N(C)C. The number of para-hydroxylation sites is 1. The molecule has 100 valence electrons. The summed E-state index contributed by atoms with van der Waals surface area (Å²) in [6.07, 6.45) is -4.81. The Kier molecular flexibility index (Phi) is 4.05. The monoisotopic (exact) mass is 262 g/mol. The van der Waals surface area contributed by atoms with Crippen molar-refractivity contribution in [3.8, 4) is 5.75 Å². The largest absolute Gasteiger partial charge is 0.573 e. The highest BCUT2D eigenvalue weighted by Gasteiger charge is 2.32. The summed E-state index contributed by atoms with van der Waals surface area (Å²) in [5.74, 6) is -0.916. The number of benzene rings is 1. The summed E-state index contributed by atoms with van der Waals surface area (Å²) in [7, 11) is 3.30. The molecule has 7 heteroatoms. The van der Waals surface area contributed by atoms with E-state index < -0.39 is 18.0 Å². The maximum Gasteiger partial charge on any atom is 0.573 e. The van der Waals surface area contributed by atoms with Crippen LogP contribution in [0.4, 0.5) is 24.5 Å². The van der Waals surface area contributed by atoms with Crippen LogP contribution in [0.3, 0.4) is 0 Å². The zero-order chi connectivity index (χ0) is 13.9. The van der Waals surface area contributed by atoms with Gasteiger partial charge in [-0.25, -0.2) is 0 Å². The molecule has 0 unspecified atom stereocenters. The molecule has 0 aliphatic rings. The lowest BCUT2D eigenvalue weighted by atomic mass is 10.2. The number of carbonyl (C=O) groups is 1. The van der Waals surface area contributed by atoms with E-state index in [1.165, 1.54) is 13.0 Å². The average Bonchev–Trinajstić information content (AvgIpc) is 2.17. The first-order chi connectivity index (χ1) is 8.20. The van der Waals surface area contributed by atoms with Crippen molar-refractivity contribution in [2.45, 2.75) is 13.3 Å². The summed E-state index contributed by atoms with van der Waals surface area (Å²) < 4.78 is 40.6. The molecule has 1 rings (SSSR count). The minimum absolute atomic E-state index is 0.00711. The molecule has 0 aliphatic carbocycles. The third-order valence-corrected chi connectivity index (χ3v) is 2.01. The number of halogens is 3. The summed E-state index contributed by atoms with van der Waals surface area (Å²) in [6.45, 7) is 1.21. The number of nitrogens with one attached hydrogen (secondary N) is 1. The molecule has 0 spiro atoms. The van der Waals surface area contributed by atoms with Crippen molar-refractivity contribution in [2.75, 3.05) is 24.3 Å². The molecule has 0 saturated heterocycles. The van der Waals surface area contributed by atoms with Crippen LogP contribution in [-0.4, -0.2) is 26.4 Å². The highest BCUT2D eigenvalue weighted by molar-refractivity contribution is 5.95. The highest BCUT2D eigenvalue weighted by atomic mass is 19.4. The van der Waals surface area contributed by atoms with Gasteiger partial charge in [0.25, 0.3) is 0 Å². The van der Waals surface area contributed by atoms with Crippen LogP contribution in [0.1, 0.15) is 6.92 Å². The molecule has 0 radical (unpaired) electrons. The molecule has 18 heavy (non-hydrogen) atoms. The quantitative estimate of drug-likeness (QED) is 0.910.